The molecule has 0 saturated heterocycles. The molecule has 2 aromatic carbocycles. The average molecular weight is 281 g/mol. The quantitative estimate of drug-likeness (QED) is 0.661. The molecule has 0 spiro atoms. The number of rotatable bonds is 0. The number of phenolic OH excluding ortho intramolecular Hbond substituents is 2. The van der Waals surface area contributed by atoms with Crippen LogP contribution in [-0.4, -0.2) is 16.0 Å². The minimum absolute atomic E-state index is 0.146. The molecular formula is C13H6Cl2O3. The summed E-state index contributed by atoms with van der Waals surface area (Å²) in [6.07, 6.45) is 0. The molecule has 2 N–H and O–H groups in total. The summed E-state index contributed by atoms with van der Waals surface area (Å²) >= 11 is 11.7. The Bertz CT molecular complexity index is 648. The zero-order chi connectivity index (χ0) is 13.0. The molecule has 0 atom stereocenters. The lowest BCUT2D eigenvalue weighted by molar-refractivity contribution is 0.104. The number of carbonyl (C=O) groups is 1. The molecule has 1 aliphatic carbocycles. The number of aromatic hydroxyl groups is 2. The Morgan fingerprint density at radius 3 is 1.50 bits per heavy atom. The molecule has 0 radical (unpaired) electrons. The largest absolute Gasteiger partial charge is 0.506 e. The maximum absolute atomic E-state index is 12.1. The number of ketones is 1. The zero-order valence-corrected chi connectivity index (χ0v) is 10.4. The van der Waals surface area contributed by atoms with Crippen molar-refractivity contribution in [3.63, 3.8) is 0 Å². The Hall–Kier alpha value is -1.71. The summed E-state index contributed by atoms with van der Waals surface area (Å²) in [7, 11) is 0. The van der Waals surface area contributed by atoms with Crippen molar-refractivity contribution < 1.29 is 15.0 Å². The van der Waals surface area contributed by atoms with Gasteiger partial charge >= 0.3 is 0 Å². The van der Waals surface area contributed by atoms with Crippen LogP contribution in [0.5, 0.6) is 11.5 Å². The molecule has 18 heavy (non-hydrogen) atoms. The molecule has 0 bridgehead atoms. The molecule has 90 valence electrons. The van der Waals surface area contributed by atoms with E-state index in [1.807, 2.05) is 0 Å². The van der Waals surface area contributed by atoms with Gasteiger partial charge in [0, 0.05) is 11.1 Å². The second-order valence-electron chi connectivity index (χ2n) is 4.03. The van der Waals surface area contributed by atoms with Crippen molar-refractivity contribution >= 4 is 29.0 Å². The number of phenols is 2. The SMILES string of the molecule is O=C1c2cc(O)c(Cl)cc2-c2cc(Cl)c(O)cc21. The lowest BCUT2D eigenvalue weighted by Crippen LogP contribution is -1.94. The third-order valence-electron chi connectivity index (χ3n) is 2.95. The van der Waals surface area contributed by atoms with E-state index in [2.05, 4.69) is 0 Å². The molecule has 0 heterocycles. The first-order chi connectivity index (χ1) is 8.49. The number of carbonyl (C=O) groups excluding carboxylic acids is 1. The van der Waals surface area contributed by atoms with Gasteiger partial charge in [0.1, 0.15) is 11.5 Å². The monoisotopic (exact) mass is 280 g/mol. The Kier molecular flexibility index (Phi) is 2.30. The van der Waals surface area contributed by atoms with Crippen LogP contribution < -0.4 is 0 Å². The predicted molar refractivity (Wildman–Crippen MR) is 68.7 cm³/mol. The van der Waals surface area contributed by atoms with Crippen LogP contribution in [0.2, 0.25) is 10.0 Å². The standard InChI is InChI=1S/C13H6Cl2O3/c14-9-1-5-6-2-10(15)12(17)4-8(6)13(18)7(5)3-11(9)16/h1-4,16-17H. The van der Waals surface area contributed by atoms with E-state index >= 15 is 0 Å². The van der Waals surface area contributed by atoms with Crippen LogP contribution >= 0.6 is 23.2 Å². The highest BCUT2D eigenvalue weighted by Gasteiger charge is 2.29. The minimum Gasteiger partial charge on any atom is -0.506 e. The van der Waals surface area contributed by atoms with E-state index in [4.69, 9.17) is 23.2 Å². The van der Waals surface area contributed by atoms with Crippen LogP contribution in [0, 0.1) is 0 Å². The van der Waals surface area contributed by atoms with Gasteiger partial charge in [0.05, 0.1) is 10.0 Å². The molecule has 0 fully saturated rings. The molecule has 0 aliphatic heterocycles. The van der Waals surface area contributed by atoms with Gasteiger partial charge in [-0.1, -0.05) is 23.2 Å². The Morgan fingerprint density at radius 1 is 0.722 bits per heavy atom. The maximum atomic E-state index is 12.1. The lowest BCUT2D eigenvalue weighted by Gasteiger charge is -2.03. The van der Waals surface area contributed by atoms with Gasteiger partial charge in [-0.25, -0.2) is 0 Å². The van der Waals surface area contributed by atoms with E-state index in [9.17, 15) is 15.0 Å². The van der Waals surface area contributed by atoms with Gasteiger partial charge in [-0.3, -0.25) is 4.79 Å². The smallest absolute Gasteiger partial charge is 0.194 e. The number of benzene rings is 2. The van der Waals surface area contributed by atoms with Gasteiger partial charge < -0.3 is 10.2 Å². The summed E-state index contributed by atoms with van der Waals surface area (Å²) in [5, 5.41) is 19.4. The molecule has 3 rings (SSSR count). The fraction of sp³-hybridized carbons (Fsp3) is 0. The van der Waals surface area contributed by atoms with Gasteiger partial charge in [0.25, 0.3) is 0 Å². The first-order valence-electron chi connectivity index (χ1n) is 5.09. The number of hydrogen-bond donors (Lipinski definition) is 2. The maximum Gasteiger partial charge on any atom is 0.194 e. The Balaban J connectivity index is 2.37. The van der Waals surface area contributed by atoms with Crippen molar-refractivity contribution in [1.82, 2.24) is 0 Å². The average Bonchev–Trinajstić information content (AvgIpc) is 2.56. The van der Waals surface area contributed by atoms with Crippen molar-refractivity contribution in [1.29, 1.82) is 0 Å². The lowest BCUT2D eigenvalue weighted by atomic mass is 10.1. The van der Waals surface area contributed by atoms with E-state index in [1.54, 1.807) is 0 Å². The Morgan fingerprint density at radius 2 is 1.11 bits per heavy atom. The van der Waals surface area contributed by atoms with Gasteiger partial charge in [0.2, 0.25) is 0 Å². The first kappa shape index (κ1) is 11.4. The topological polar surface area (TPSA) is 57.5 Å². The number of halogens is 2. The van der Waals surface area contributed by atoms with Crippen molar-refractivity contribution in [2.75, 3.05) is 0 Å². The van der Waals surface area contributed by atoms with E-state index in [0.717, 1.165) is 0 Å². The van der Waals surface area contributed by atoms with E-state index in [1.165, 1.54) is 24.3 Å². The van der Waals surface area contributed by atoms with Crippen LogP contribution in [0.4, 0.5) is 0 Å². The molecule has 0 saturated carbocycles. The van der Waals surface area contributed by atoms with Crippen molar-refractivity contribution in [3.05, 3.63) is 45.4 Å². The molecule has 0 amide bonds. The number of hydrogen-bond acceptors (Lipinski definition) is 3. The fourth-order valence-corrected chi connectivity index (χ4v) is 2.42. The summed E-state index contributed by atoms with van der Waals surface area (Å²) in [5.41, 5.74) is 1.93. The van der Waals surface area contributed by atoms with Crippen molar-refractivity contribution in [3.8, 4) is 22.6 Å². The highest BCUT2D eigenvalue weighted by Crippen LogP contribution is 2.44. The van der Waals surface area contributed by atoms with Crippen LogP contribution in [0.1, 0.15) is 15.9 Å². The van der Waals surface area contributed by atoms with Crippen LogP contribution in [-0.2, 0) is 0 Å². The molecular weight excluding hydrogens is 275 g/mol. The molecule has 1 aliphatic rings. The van der Waals surface area contributed by atoms with Gasteiger partial charge in [-0.2, -0.15) is 0 Å². The molecule has 5 heteroatoms. The second-order valence-corrected chi connectivity index (χ2v) is 4.84. The van der Waals surface area contributed by atoms with E-state index in [0.29, 0.717) is 22.3 Å². The Labute approximate surface area is 112 Å². The fourth-order valence-electron chi connectivity index (χ4n) is 2.09. The van der Waals surface area contributed by atoms with Crippen molar-refractivity contribution in [2.45, 2.75) is 0 Å². The van der Waals surface area contributed by atoms with E-state index < -0.39 is 0 Å². The molecule has 3 nitrogen and oxygen atoms in total. The molecule has 0 unspecified atom stereocenters. The van der Waals surface area contributed by atoms with Gasteiger partial charge in [0.15, 0.2) is 5.78 Å². The summed E-state index contributed by atoms with van der Waals surface area (Å²) in [4.78, 5) is 12.1. The van der Waals surface area contributed by atoms with Gasteiger partial charge in [-0.05, 0) is 35.4 Å². The highest BCUT2D eigenvalue weighted by atomic mass is 35.5. The third kappa shape index (κ3) is 1.41. The number of fused-ring (bicyclic) bond motifs is 3. The van der Waals surface area contributed by atoms with Crippen LogP contribution in [0.25, 0.3) is 11.1 Å². The molecule has 2 aromatic rings. The van der Waals surface area contributed by atoms with Crippen LogP contribution in [0.15, 0.2) is 24.3 Å². The summed E-state index contributed by atoms with van der Waals surface area (Å²) in [6, 6.07) is 5.68. The summed E-state index contributed by atoms with van der Waals surface area (Å²) < 4.78 is 0. The molecule has 0 aromatic heterocycles. The predicted octanol–water partition coefficient (Wildman–Crippen LogP) is 3.62. The normalized spacial score (nSPS) is 12.4. The van der Waals surface area contributed by atoms with Crippen molar-refractivity contribution in [2.24, 2.45) is 0 Å². The zero-order valence-electron chi connectivity index (χ0n) is 8.87. The van der Waals surface area contributed by atoms with Crippen LogP contribution in [0.3, 0.4) is 0 Å². The third-order valence-corrected chi connectivity index (χ3v) is 3.56. The first-order valence-corrected chi connectivity index (χ1v) is 5.84. The second kappa shape index (κ2) is 3.64. The summed E-state index contributed by atoms with van der Waals surface area (Å²) in [5.74, 6) is -0.558. The highest BCUT2D eigenvalue weighted by molar-refractivity contribution is 6.35. The van der Waals surface area contributed by atoms with E-state index in [-0.39, 0.29) is 27.3 Å². The minimum atomic E-state index is -0.265. The summed E-state index contributed by atoms with van der Waals surface area (Å²) in [6.45, 7) is 0. The van der Waals surface area contributed by atoms with Gasteiger partial charge in [-0.15, -0.1) is 0 Å².